The molecule has 26 heavy (non-hydrogen) atoms. The van der Waals surface area contributed by atoms with E-state index in [1.165, 1.54) is 0 Å². The molecular formula is C20H21N3O3. The van der Waals surface area contributed by atoms with Gasteiger partial charge in [-0.2, -0.15) is 0 Å². The maximum Gasteiger partial charge on any atom is 0.313 e. The summed E-state index contributed by atoms with van der Waals surface area (Å²) in [5.74, 6) is -1.79. The van der Waals surface area contributed by atoms with Crippen LogP contribution in [0.15, 0.2) is 48.5 Å². The zero-order valence-electron chi connectivity index (χ0n) is 14.5. The molecule has 3 rings (SSSR count). The summed E-state index contributed by atoms with van der Waals surface area (Å²) in [5.41, 5.74) is 2.65. The van der Waals surface area contributed by atoms with Crippen LogP contribution in [0.1, 0.15) is 34.3 Å². The van der Waals surface area contributed by atoms with Crippen molar-refractivity contribution in [2.45, 2.75) is 32.4 Å². The van der Waals surface area contributed by atoms with Gasteiger partial charge in [0, 0.05) is 12.6 Å². The van der Waals surface area contributed by atoms with Crippen LogP contribution < -0.4 is 16.0 Å². The smallest absolute Gasteiger partial charge is 0.313 e. The molecule has 0 aromatic heterocycles. The minimum atomic E-state index is -0.801. The molecule has 3 N–H and O–H groups in total. The highest BCUT2D eigenvalue weighted by Crippen LogP contribution is 2.21. The monoisotopic (exact) mass is 351 g/mol. The van der Waals surface area contributed by atoms with Crippen molar-refractivity contribution in [2.75, 3.05) is 5.32 Å². The summed E-state index contributed by atoms with van der Waals surface area (Å²) < 4.78 is 0. The Balaban J connectivity index is 1.61. The molecule has 1 aliphatic carbocycles. The van der Waals surface area contributed by atoms with Gasteiger partial charge in [0.05, 0.1) is 11.3 Å². The molecule has 2 aromatic carbocycles. The Kier molecular flexibility index (Phi) is 5.31. The van der Waals surface area contributed by atoms with E-state index >= 15 is 0 Å². The lowest BCUT2D eigenvalue weighted by Gasteiger charge is -2.11. The van der Waals surface area contributed by atoms with Crippen molar-refractivity contribution in [3.63, 3.8) is 0 Å². The first-order chi connectivity index (χ1) is 12.5. The minimum absolute atomic E-state index is 0.212. The number of anilines is 1. The molecule has 0 aliphatic heterocycles. The Hall–Kier alpha value is -3.15. The van der Waals surface area contributed by atoms with Gasteiger partial charge < -0.3 is 16.0 Å². The third kappa shape index (κ3) is 4.47. The number of nitrogens with one attached hydrogen (secondary N) is 3. The van der Waals surface area contributed by atoms with Crippen molar-refractivity contribution in [1.29, 1.82) is 0 Å². The van der Waals surface area contributed by atoms with Crippen LogP contribution in [0, 0.1) is 6.92 Å². The topological polar surface area (TPSA) is 87.3 Å². The standard InChI is InChI=1S/C20H21N3O3/c1-13-6-2-3-7-14(13)12-21-19(25)20(26)23-17-9-5-4-8-16(17)18(24)22-15-10-11-15/h2-9,15H,10-12H2,1H3,(H,21,25)(H,22,24)(H,23,26). The number of hydrogen-bond donors (Lipinski definition) is 3. The number of rotatable bonds is 5. The number of carbonyl (C=O) groups excluding carboxylic acids is 3. The van der Waals surface area contributed by atoms with E-state index in [1.807, 2.05) is 31.2 Å². The largest absolute Gasteiger partial charge is 0.349 e. The number of carbonyl (C=O) groups is 3. The predicted molar refractivity (Wildman–Crippen MR) is 98.6 cm³/mol. The van der Waals surface area contributed by atoms with Crippen LogP contribution in [0.5, 0.6) is 0 Å². The summed E-state index contributed by atoms with van der Waals surface area (Å²) in [6.07, 6.45) is 1.95. The van der Waals surface area contributed by atoms with E-state index in [4.69, 9.17) is 0 Å². The van der Waals surface area contributed by atoms with Crippen LogP contribution in [0.2, 0.25) is 0 Å². The van der Waals surface area contributed by atoms with Crippen LogP contribution in [0.25, 0.3) is 0 Å². The lowest BCUT2D eigenvalue weighted by Crippen LogP contribution is -2.36. The third-order valence-electron chi connectivity index (χ3n) is 4.24. The summed E-state index contributed by atoms with van der Waals surface area (Å²) in [4.78, 5) is 36.5. The van der Waals surface area contributed by atoms with E-state index in [9.17, 15) is 14.4 Å². The SMILES string of the molecule is Cc1ccccc1CNC(=O)C(=O)Nc1ccccc1C(=O)NC1CC1. The van der Waals surface area contributed by atoms with E-state index < -0.39 is 11.8 Å². The number of aryl methyl sites for hydroxylation is 1. The van der Waals surface area contributed by atoms with Gasteiger partial charge in [0.2, 0.25) is 0 Å². The van der Waals surface area contributed by atoms with Crippen LogP contribution in [-0.2, 0) is 16.1 Å². The first-order valence-corrected chi connectivity index (χ1v) is 8.58. The normalized spacial score (nSPS) is 13.0. The molecule has 3 amide bonds. The van der Waals surface area contributed by atoms with Gasteiger partial charge in [-0.05, 0) is 43.0 Å². The highest BCUT2D eigenvalue weighted by molar-refractivity contribution is 6.40. The van der Waals surface area contributed by atoms with E-state index in [-0.39, 0.29) is 18.5 Å². The van der Waals surface area contributed by atoms with Gasteiger partial charge in [-0.1, -0.05) is 36.4 Å². The maximum atomic E-state index is 12.3. The Bertz CT molecular complexity index is 844. The second-order valence-corrected chi connectivity index (χ2v) is 6.36. The lowest BCUT2D eigenvalue weighted by molar-refractivity contribution is -0.136. The van der Waals surface area contributed by atoms with Crippen LogP contribution in [0.4, 0.5) is 5.69 Å². The van der Waals surface area contributed by atoms with Gasteiger partial charge in [-0.25, -0.2) is 0 Å². The van der Waals surface area contributed by atoms with E-state index in [2.05, 4.69) is 16.0 Å². The molecule has 0 atom stereocenters. The van der Waals surface area contributed by atoms with Gasteiger partial charge in [0.25, 0.3) is 5.91 Å². The van der Waals surface area contributed by atoms with Gasteiger partial charge >= 0.3 is 11.8 Å². The van der Waals surface area contributed by atoms with Crippen molar-refractivity contribution in [2.24, 2.45) is 0 Å². The Morgan fingerprint density at radius 3 is 2.38 bits per heavy atom. The fraction of sp³-hybridized carbons (Fsp3) is 0.250. The van der Waals surface area contributed by atoms with Crippen molar-refractivity contribution >= 4 is 23.4 Å². The molecule has 0 radical (unpaired) electrons. The quantitative estimate of drug-likeness (QED) is 0.721. The second-order valence-electron chi connectivity index (χ2n) is 6.36. The van der Waals surface area contributed by atoms with Crippen LogP contribution in [-0.4, -0.2) is 23.8 Å². The summed E-state index contributed by atoms with van der Waals surface area (Å²) in [7, 11) is 0. The number of para-hydroxylation sites is 1. The van der Waals surface area contributed by atoms with Crippen LogP contribution >= 0.6 is 0 Å². The molecule has 0 saturated heterocycles. The first kappa shape index (κ1) is 17.7. The Labute approximate surface area is 152 Å². The maximum absolute atomic E-state index is 12.3. The van der Waals surface area contributed by atoms with Gasteiger partial charge in [0.1, 0.15) is 0 Å². The van der Waals surface area contributed by atoms with E-state index in [1.54, 1.807) is 24.3 Å². The number of amides is 3. The fourth-order valence-corrected chi connectivity index (χ4v) is 2.52. The molecule has 1 saturated carbocycles. The number of hydrogen-bond acceptors (Lipinski definition) is 3. The molecule has 0 heterocycles. The zero-order chi connectivity index (χ0) is 18.5. The molecule has 134 valence electrons. The lowest BCUT2D eigenvalue weighted by atomic mass is 10.1. The minimum Gasteiger partial charge on any atom is -0.349 e. The summed E-state index contributed by atoms with van der Waals surface area (Å²) in [6.45, 7) is 2.21. The van der Waals surface area contributed by atoms with Crippen molar-refractivity contribution < 1.29 is 14.4 Å². The Morgan fingerprint density at radius 2 is 1.65 bits per heavy atom. The van der Waals surface area contributed by atoms with Crippen molar-refractivity contribution in [1.82, 2.24) is 10.6 Å². The average molecular weight is 351 g/mol. The molecule has 0 spiro atoms. The van der Waals surface area contributed by atoms with Crippen LogP contribution in [0.3, 0.4) is 0 Å². The molecule has 1 fully saturated rings. The average Bonchev–Trinajstić information content (AvgIpc) is 3.45. The second kappa shape index (κ2) is 7.82. The van der Waals surface area contributed by atoms with Crippen molar-refractivity contribution in [3.05, 3.63) is 65.2 Å². The zero-order valence-corrected chi connectivity index (χ0v) is 14.5. The predicted octanol–water partition coefficient (Wildman–Crippen LogP) is 2.14. The molecule has 0 unspecified atom stereocenters. The third-order valence-corrected chi connectivity index (χ3v) is 4.24. The number of benzene rings is 2. The molecular weight excluding hydrogens is 330 g/mol. The highest BCUT2D eigenvalue weighted by atomic mass is 16.2. The van der Waals surface area contributed by atoms with Crippen molar-refractivity contribution in [3.8, 4) is 0 Å². The summed E-state index contributed by atoms with van der Waals surface area (Å²) >= 11 is 0. The summed E-state index contributed by atoms with van der Waals surface area (Å²) in [5, 5.41) is 8.00. The summed E-state index contributed by atoms with van der Waals surface area (Å²) in [6, 6.07) is 14.5. The van der Waals surface area contributed by atoms with E-state index in [0.29, 0.717) is 11.3 Å². The highest BCUT2D eigenvalue weighted by Gasteiger charge is 2.25. The molecule has 0 bridgehead atoms. The molecule has 6 heteroatoms. The molecule has 1 aliphatic rings. The molecule has 2 aromatic rings. The van der Waals surface area contributed by atoms with Gasteiger partial charge in [0.15, 0.2) is 0 Å². The fourth-order valence-electron chi connectivity index (χ4n) is 2.52. The molecule has 6 nitrogen and oxygen atoms in total. The van der Waals surface area contributed by atoms with Gasteiger partial charge in [-0.3, -0.25) is 14.4 Å². The van der Waals surface area contributed by atoms with E-state index in [0.717, 1.165) is 24.0 Å². The Morgan fingerprint density at radius 1 is 0.962 bits per heavy atom. The van der Waals surface area contributed by atoms with Gasteiger partial charge in [-0.15, -0.1) is 0 Å². The first-order valence-electron chi connectivity index (χ1n) is 8.58.